The van der Waals surface area contributed by atoms with Gasteiger partial charge in [0.25, 0.3) is 11.8 Å². The van der Waals surface area contributed by atoms with Crippen molar-refractivity contribution in [3.8, 4) is 17.0 Å². The van der Waals surface area contributed by atoms with Gasteiger partial charge in [0, 0.05) is 24.0 Å². The van der Waals surface area contributed by atoms with Crippen molar-refractivity contribution < 1.29 is 23.5 Å². The topological polar surface area (TPSA) is 93.9 Å². The molecule has 0 atom stereocenters. The Kier molecular flexibility index (Phi) is 5.87. The zero-order valence-electron chi connectivity index (χ0n) is 15.5. The molecule has 0 aliphatic carbocycles. The van der Waals surface area contributed by atoms with Crippen molar-refractivity contribution in [2.45, 2.75) is 0 Å². The summed E-state index contributed by atoms with van der Waals surface area (Å²) < 4.78 is 16.1. The standard InChI is InChI=1S/C20H19N3O5S/c24-18(23-7-10-26-11-8-23)12-28-16-5-2-1-4-14(16)15-13-29-20(21-15)22-19(25)17-6-3-9-27-17/h1-6,9,13H,7-8,10-12H2,(H,21,22,25). The molecular formula is C20H19N3O5S. The number of furan rings is 1. The molecule has 4 rings (SSSR count). The van der Waals surface area contributed by atoms with Gasteiger partial charge in [0.1, 0.15) is 5.75 Å². The van der Waals surface area contributed by atoms with Gasteiger partial charge in [-0.05, 0) is 24.3 Å². The molecule has 0 radical (unpaired) electrons. The number of aromatic nitrogens is 1. The Hall–Kier alpha value is -3.17. The molecule has 0 saturated carbocycles. The summed E-state index contributed by atoms with van der Waals surface area (Å²) in [5.74, 6) is 0.333. The molecule has 3 aromatic rings. The molecule has 3 heterocycles. The number of nitrogens with one attached hydrogen (secondary N) is 1. The number of carbonyl (C=O) groups excluding carboxylic acids is 2. The number of carbonyl (C=O) groups is 2. The highest BCUT2D eigenvalue weighted by atomic mass is 32.1. The lowest BCUT2D eigenvalue weighted by molar-refractivity contribution is -0.137. The van der Waals surface area contributed by atoms with Crippen LogP contribution in [0.25, 0.3) is 11.3 Å². The second kappa shape index (κ2) is 8.89. The fourth-order valence-electron chi connectivity index (χ4n) is 2.87. The average Bonchev–Trinajstić information content (AvgIpc) is 3.45. The van der Waals surface area contributed by atoms with E-state index in [-0.39, 0.29) is 24.2 Å². The van der Waals surface area contributed by atoms with Crippen LogP contribution in [0.4, 0.5) is 5.13 Å². The van der Waals surface area contributed by atoms with E-state index in [2.05, 4.69) is 10.3 Å². The van der Waals surface area contributed by atoms with E-state index >= 15 is 0 Å². The Morgan fingerprint density at radius 3 is 2.79 bits per heavy atom. The molecule has 1 aromatic carbocycles. The first kappa shape index (κ1) is 19.2. The van der Waals surface area contributed by atoms with Crippen LogP contribution in [-0.2, 0) is 9.53 Å². The number of benzene rings is 1. The maximum atomic E-state index is 12.3. The number of ether oxygens (including phenoxy) is 2. The van der Waals surface area contributed by atoms with Crippen molar-refractivity contribution in [3.05, 3.63) is 53.8 Å². The normalized spacial score (nSPS) is 13.9. The number of nitrogens with zero attached hydrogens (tertiary/aromatic N) is 2. The Morgan fingerprint density at radius 2 is 2.00 bits per heavy atom. The van der Waals surface area contributed by atoms with Crippen molar-refractivity contribution in [2.75, 3.05) is 38.2 Å². The van der Waals surface area contributed by atoms with Crippen LogP contribution >= 0.6 is 11.3 Å². The van der Waals surface area contributed by atoms with E-state index in [1.807, 2.05) is 23.6 Å². The van der Waals surface area contributed by atoms with Crippen LogP contribution in [0.15, 0.2) is 52.5 Å². The molecule has 1 N–H and O–H groups in total. The van der Waals surface area contributed by atoms with Crippen molar-refractivity contribution in [3.63, 3.8) is 0 Å². The quantitative estimate of drug-likeness (QED) is 0.668. The maximum Gasteiger partial charge on any atom is 0.293 e. The van der Waals surface area contributed by atoms with Crippen LogP contribution in [0, 0.1) is 0 Å². The molecule has 8 nitrogen and oxygen atoms in total. The number of amides is 2. The second-order valence-electron chi connectivity index (χ2n) is 6.25. The van der Waals surface area contributed by atoms with Crippen molar-refractivity contribution in [1.29, 1.82) is 0 Å². The highest BCUT2D eigenvalue weighted by Gasteiger charge is 2.19. The number of rotatable bonds is 6. The van der Waals surface area contributed by atoms with E-state index in [9.17, 15) is 9.59 Å². The summed E-state index contributed by atoms with van der Waals surface area (Å²) in [4.78, 5) is 30.6. The number of morpholine rings is 1. The molecule has 1 aliphatic heterocycles. The molecule has 1 aliphatic rings. The molecule has 1 fully saturated rings. The van der Waals surface area contributed by atoms with Crippen molar-refractivity contribution in [1.82, 2.24) is 9.88 Å². The Balaban J connectivity index is 1.43. The zero-order valence-corrected chi connectivity index (χ0v) is 16.3. The first-order chi connectivity index (χ1) is 14.2. The molecule has 2 amide bonds. The fourth-order valence-corrected chi connectivity index (χ4v) is 3.57. The largest absolute Gasteiger partial charge is 0.483 e. The van der Waals surface area contributed by atoms with Crippen molar-refractivity contribution in [2.24, 2.45) is 0 Å². The highest BCUT2D eigenvalue weighted by Crippen LogP contribution is 2.32. The summed E-state index contributed by atoms with van der Waals surface area (Å²) in [5, 5.41) is 4.98. The predicted octanol–water partition coefficient (Wildman–Crippen LogP) is 2.89. The van der Waals surface area contributed by atoms with Gasteiger partial charge in [-0.1, -0.05) is 12.1 Å². The van der Waals surface area contributed by atoms with E-state index < -0.39 is 0 Å². The van der Waals surface area contributed by atoms with Gasteiger partial charge >= 0.3 is 0 Å². The Bertz CT molecular complexity index is 980. The van der Waals surface area contributed by atoms with Crippen molar-refractivity contribution >= 4 is 28.3 Å². The van der Waals surface area contributed by atoms with E-state index in [0.717, 1.165) is 5.56 Å². The van der Waals surface area contributed by atoms with Gasteiger partial charge in [-0.2, -0.15) is 0 Å². The van der Waals surface area contributed by atoms with E-state index in [0.29, 0.717) is 42.9 Å². The number of para-hydroxylation sites is 1. The summed E-state index contributed by atoms with van der Waals surface area (Å²) in [6.07, 6.45) is 1.44. The average molecular weight is 413 g/mol. The third-order valence-corrected chi connectivity index (χ3v) is 5.11. The minimum Gasteiger partial charge on any atom is -0.483 e. The third kappa shape index (κ3) is 4.64. The lowest BCUT2D eigenvalue weighted by atomic mass is 10.1. The van der Waals surface area contributed by atoms with Crippen LogP contribution in [0.2, 0.25) is 0 Å². The smallest absolute Gasteiger partial charge is 0.293 e. The summed E-state index contributed by atoms with van der Waals surface area (Å²) in [5.41, 5.74) is 1.40. The Labute approximate surface area is 171 Å². The zero-order chi connectivity index (χ0) is 20.1. The SMILES string of the molecule is O=C(Nc1nc(-c2ccccc2OCC(=O)N2CCOCC2)cs1)c1ccco1. The molecule has 150 valence electrons. The number of hydrogen-bond donors (Lipinski definition) is 1. The van der Waals surface area contributed by atoms with Crippen LogP contribution in [0.1, 0.15) is 10.6 Å². The lowest BCUT2D eigenvalue weighted by Gasteiger charge is -2.26. The number of anilines is 1. The molecule has 0 bridgehead atoms. The van der Waals surface area contributed by atoms with Gasteiger partial charge in [-0.3, -0.25) is 14.9 Å². The monoisotopic (exact) mass is 413 g/mol. The maximum absolute atomic E-state index is 12.3. The van der Waals surface area contributed by atoms with Crippen LogP contribution in [0.3, 0.4) is 0 Å². The second-order valence-corrected chi connectivity index (χ2v) is 7.11. The van der Waals surface area contributed by atoms with Gasteiger partial charge in [0.2, 0.25) is 0 Å². The minimum absolute atomic E-state index is 0.0523. The first-order valence-electron chi connectivity index (χ1n) is 9.09. The summed E-state index contributed by atoms with van der Waals surface area (Å²) in [7, 11) is 0. The predicted molar refractivity (Wildman–Crippen MR) is 107 cm³/mol. The summed E-state index contributed by atoms with van der Waals surface area (Å²) in [6.45, 7) is 2.20. The molecule has 0 spiro atoms. The van der Waals surface area contributed by atoms with E-state index in [1.54, 1.807) is 23.1 Å². The van der Waals surface area contributed by atoms with Gasteiger partial charge in [0.15, 0.2) is 17.5 Å². The van der Waals surface area contributed by atoms with Gasteiger partial charge in [-0.15, -0.1) is 11.3 Å². The van der Waals surface area contributed by atoms with Crippen LogP contribution in [0.5, 0.6) is 5.75 Å². The van der Waals surface area contributed by atoms with E-state index in [4.69, 9.17) is 13.9 Å². The van der Waals surface area contributed by atoms with Crippen LogP contribution < -0.4 is 10.1 Å². The summed E-state index contributed by atoms with van der Waals surface area (Å²) in [6, 6.07) is 10.6. The lowest BCUT2D eigenvalue weighted by Crippen LogP contribution is -2.43. The fraction of sp³-hybridized carbons (Fsp3) is 0.250. The minimum atomic E-state index is -0.364. The van der Waals surface area contributed by atoms with Gasteiger partial charge in [0.05, 0.1) is 25.2 Å². The highest BCUT2D eigenvalue weighted by molar-refractivity contribution is 7.14. The van der Waals surface area contributed by atoms with Crippen LogP contribution in [-0.4, -0.2) is 54.6 Å². The van der Waals surface area contributed by atoms with E-state index in [1.165, 1.54) is 17.6 Å². The molecule has 1 saturated heterocycles. The molecule has 9 heteroatoms. The molecule has 2 aromatic heterocycles. The molecule has 0 unspecified atom stereocenters. The molecular weight excluding hydrogens is 394 g/mol. The third-order valence-electron chi connectivity index (χ3n) is 4.35. The number of hydrogen-bond acceptors (Lipinski definition) is 7. The first-order valence-corrected chi connectivity index (χ1v) is 9.97. The van der Waals surface area contributed by atoms with Gasteiger partial charge in [-0.25, -0.2) is 4.98 Å². The molecule has 29 heavy (non-hydrogen) atoms. The Morgan fingerprint density at radius 1 is 1.17 bits per heavy atom. The summed E-state index contributed by atoms with van der Waals surface area (Å²) >= 11 is 1.30. The number of thiazole rings is 1. The van der Waals surface area contributed by atoms with Gasteiger partial charge < -0.3 is 18.8 Å².